The Labute approximate surface area is 121 Å². The second-order valence-electron chi connectivity index (χ2n) is 6.60. The van der Waals surface area contributed by atoms with Crippen LogP contribution in [0.3, 0.4) is 0 Å². The molecule has 0 spiro atoms. The Morgan fingerprint density at radius 3 is 2.16 bits per heavy atom. The van der Waals surface area contributed by atoms with Gasteiger partial charge in [0.1, 0.15) is 0 Å². The van der Waals surface area contributed by atoms with Crippen LogP contribution >= 0.6 is 0 Å². The van der Waals surface area contributed by atoms with E-state index in [-0.39, 0.29) is 0 Å². The molecule has 114 valence electrons. The van der Waals surface area contributed by atoms with Gasteiger partial charge in [0, 0.05) is 19.6 Å². The molecule has 1 rings (SSSR count). The SMILES string of the molecule is CCC(CC)CN(CC)CC1(CNC)CCCCC1. The van der Waals surface area contributed by atoms with Crippen LogP contribution in [0.4, 0.5) is 0 Å². The predicted octanol–water partition coefficient (Wildman–Crippen LogP) is 3.91. The quantitative estimate of drug-likeness (QED) is 0.682. The second-order valence-corrected chi connectivity index (χ2v) is 6.60. The van der Waals surface area contributed by atoms with Crippen LogP contribution in [0.15, 0.2) is 0 Å². The Hall–Kier alpha value is -0.0800. The van der Waals surface area contributed by atoms with Crippen LogP contribution in [0.25, 0.3) is 0 Å². The molecular weight excluding hydrogens is 232 g/mol. The molecule has 1 saturated carbocycles. The van der Waals surface area contributed by atoms with Gasteiger partial charge >= 0.3 is 0 Å². The number of nitrogens with one attached hydrogen (secondary N) is 1. The van der Waals surface area contributed by atoms with E-state index in [2.05, 4.69) is 38.0 Å². The molecule has 0 bridgehead atoms. The average Bonchev–Trinajstić information content (AvgIpc) is 2.44. The van der Waals surface area contributed by atoms with Gasteiger partial charge in [0.25, 0.3) is 0 Å². The Morgan fingerprint density at radius 2 is 1.68 bits per heavy atom. The highest BCUT2D eigenvalue weighted by atomic mass is 15.1. The lowest BCUT2D eigenvalue weighted by Crippen LogP contribution is -2.46. The molecule has 0 radical (unpaired) electrons. The first-order chi connectivity index (χ1) is 9.19. The molecule has 0 heterocycles. The summed E-state index contributed by atoms with van der Waals surface area (Å²) in [5.41, 5.74) is 0.551. The van der Waals surface area contributed by atoms with E-state index in [1.54, 1.807) is 0 Å². The summed E-state index contributed by atoms with van der Waals surface area (Å²) < 4.78 is 0. The molecule has 0 aromatic heterocycles. The molecule has 0 atom stereocenters. The summed E-state index contributed by atoms with van der Waals surface area (Å²) in [4.78, 5) is 2.72. The fourth-order valence-corrected chi connectivity index (χ4v) is 3.76. The van der Waals surface area contributed by atoms with Crippen LogP contribution in [0, 0.1) is 11.3 Å². The van der Waals surface area contributed by atoms with Gasteiger partial charge in [-0.2, -0.15) is 0 Å². The van der Waals surface area contributed by atoms with E-state index in [0.717, 1.165) is 5.92 Å². The molecule has 0 amide bonds. The summed E-state index contributed by atoms with van der Waals surface area (Å²) >= 11 is 0. The first-order valence-corrected chi connectivity index (χ1v) is 8.56. The molecule has 0 unspecified atom stereocenters. The molecule has 2 heteroatoms. The molecule has 19 heavy (non-hydrogen) atoms. The summed E-state index contributed by atoms with van der Waals surface area (Å²) in [6, 6.07) is 0. The van der Waals surface area contributed by atoms with Gasteiger partial charge in [-0.15, -0.1) is 0 Å². The van der Waals surface area contributed by atoms with Crippen LogP contribution in [-0.4, -0.2) is 38.1 Å². The summed E-state index contributed by atoms with van der Waals surface area (Å²) in [5.74, 6) is 0.884. The maximum atomic E-state index is 3.46. The normalized spacial score (nSPS) is 19.3. The lowest BCUT2D eigenvalue weighted by molar-refractivity contribution is 0.0954. The van der Waals surface area contributed by atoms with Crippen LogP contribution in [0.5, 0.6) is 0 Å². The number of rotatable bonds is 9. The summed E-state index contributed by atoms with van der Waals surface area (Å²) in [5, 5.41) is 3.46. The van der Waals surface area contributed by atoms with Gasteiger partial charge in [-0.1, -0.05) is 52.9 Å². The van der Waals surface area contributed by atoms with Crippen molar-refractivity contribution in [3.05, 3.63) is 0 Å². The Morgan fingerprint density at radius 1 is 1.05 bits per heavy atom. The fraction of sp³-hybridized carbons (Fsp3) is 1.00. The lowest BCUT2D eigenvalue weighted by atomic mass is 9.73. The minimum atomic E-state index is 0.551. The Kier molecular flexibility index (Phi) is 8.01. The zero-order valence-corrected chi connectivity index (χ0v) is 13.8. The topological polar surface area (TPSA) is 15.3 Å². The third kappa shape index (κ3) is 5.43. The molecule has 0 aliphatic heterocycles. The van der Waals surface area contributed by atoms with Gasteiger partial charge in [-0.05, 0) is 37.8 Å². The molecular formula is C17H36N2. The zero-order chi connectivity index (χ0) is 14.1. The molecule has 1 aliphatic carbocycles. The molecule has 1 N–H and O–H groups in total. The van der Waals surface area contributed by atoms with Gasteiger partial charge in [-0.3, -0.25) is 0 Å². The van der Waals surface area contributed by atoms with Crippen molar-refractivity contribution in [1.29, 1.82) is 0 Å². The summed E-state index contributed by atoms with van der Waals surface area (Å²) in [6.07, 6.45) is 9.82. The van der Waals surface area contributed by atoms with Crippen molar-refractivity contribution in [2.24, 2.45) is 11.3 Å². The van der Waals surface area contributed by atoms with E-state index in [4.69, 9.17) is 0 Å². The Bertz CT molecular complexity index is 212. The minimum Gasteiger partial charge on any atom is -0.319 e. The molecule has 0 aromatic carbocycles. The van der Waals surface area contributed by atoms with E-state index < -0.39 is 0 Å². The smallest absolute Gasteiger partial charge is 0.00501 e. The molecule has 0 aromatic rings. The first kappa shape index (κ1) is 17.0. The molecule has 0 saturated heterocycles. The predicted molar refractivity (Wildman–Crippen MR) is 85.6 cm³/mol. The third-order valence-corrected chi connectivity index (χ3v) is 5.14. The van der Waals surface area contributed by atoms with Crippen molar-refractivity contribution >= 4 is 0 Å². The standard InChI is InChI=1S/C17H36N2/c1-5-16(6-2)13-19(7-3)15-17(14-18-4)11-9-8-10-12-17/h16,18H,5-15H2,1-4H3. The van der Waals surface area contributed by atoms with Crippen molar-refractivity contribution in [3.8, 4) is 0 Å². The van der Waals surface area contributed by atoms with Crippen molar-refractivity contribution in [2.45, 2.75) is 65.7 Å². The van der Waals surface area contributed by atoms with Crippen molar-refractivity contribution in [3.63, 3.8) is 0 Å². The van der Waals surface area contributed by atoms with Gasteiger partial charge < -0.3 is 10.2 Å². The molecule has 2 nitrogen and oxygen atoms in total. The largest absolute Gasteiger partial charge is 0.319 e. The van der Waals surface area contributed by atoms with Gasteiger partial charge in [-0.25, -0.2) is 0 Å². The highest BCUT2D eigenvalue weighted by molar-refractivity contribution is 4.87. The Balaban J connectivity index is 2.58. The third-order valence-electron chi connectivity index (χ3n) is 5.14. The van der Waals surface area contributed by atoms with Gasteiger partial charge in [0.2, 0.25) is 0 Å². The zero-order valence-electron chi connectivity index (χ0n) is 13.8. The van der Waals surface area contributed by atoms with E-state index in [1.165, 1.54) is 71.1 Å². The van der Waals surface area contributed by atoms with E-state index >= 15 is 0 Å². The van der Waals surface area contributed by atoms with E-state index in [1.807, 2.05) is 0 Å². The van der Waals surface area contributed by atoms with Crippen LogP contribution < -0.4 is 5.32 Å². The lowest BCUT2D eigenvalue weighted by Gasteiger charge is -2.42. The van der Waals surface area contributed by atoms with E-state index in [0.29, 0.717) is 5.41 Å². The molecule has 1 fully saturated rings. The van der Waals surface area contributed by atoms with E-state index in [9.17, 15) is 0 Å². The van der Waals surface area contributed by atoms with Gasteiger partial charge in [0.05, 0.1) is 0 Å². The van der Waals surface area contributed by atoms with Gasteiger partial charge in [0.15, 0.2) is 0 Å². The van der Waals surface area contributed by atoms with Crippen molar-refractivity contribution < 1.29 is 0 Å². The van der Waals surface area contributed by atoms with Crippen LogP contribution in [0.2, 0.25) is 0 Å². The second kappa shape index (κ2) is 8.97. The maximum Gasteiger partial charge on any atom is 0.00501 e. The van der Waals surface area contributed by atoms with Crippen LogP contribution in [0.1, 0.15) is 65.7 Å². The average molecular weight is 268 g/mol. The van der Waals surface area contributed by atoms with Crippen molar-refractivity contribution in [1.82, 2.24) is 10.2 Å². The summed E-state index contributed by atoms with van der Waals surface area (Å²) in [6.45, 7) is 12.0. The molecule has 1 aliphatic rings. The number of nitrogens with zero attached hydrogens (tertiary/aromatic N) is 1. The highest BCUT2D eigenvalue weighted by Gasteiger charge is 2.33. The monoisotopic (exact) mass is 268 g/mol. The fourth-order valence-electron chi connectivity index (χ4n) is 3.76. The first-order valence-electron chi connectivity index (χ1n) is 8.56. The highest BCUT2D eigenvalue weighted by Crippen LogP contribution is 2.36. The number of hydrogen-bond donors (Lipinski definition) is 1. The number of hydrogen-bond acceptors (Lipinski definition) is 2. The summed E-state index contributed by atoms with van der Waals surface area (Å²) in [7, 11) is 2.12. The van der Waals surface area contributed by atoms with Crippen molar-refractivity contribution in [2.75, 3.05) is 33.2 Å². The maximum absolute atomic E-state index is 3.46. The van der Waals surface area contributed by atoms with Crippen LogP contribution in [-0.2, 0) is 0 Å². The minimum absolute atomic E-state index is 0.551.